The van der Waals surface area contributed by atoms with Crippen LogP contribution >= 0.6 is 0 Å². The molecule has 3 aromatic rings. The molecule has 3 aromatic carbocycles. The predicted molar refractivity (Wildman–Crippen MR) is 114 cm³/mol. The Bertz CT molecular complexity index is 917. The van der Waals surface area contributed by atoms with Crippen molar-refractivity contribution in [2.75, 3.05) is 25.7 Å². The second kappa shape index (κ2) is 9.64. The van der Waals surface area contributed by atoms with E-state index in [1.54, 1.807) is 31.3 Å². The van der Waals surface area contributed by atoms with Crippen molar-refractivity contribution < 1.29 is 19.0 Å². The van der Waals surface area contributed by atoms with Gasteiger partial charge in [-0.25, -0.2) is 0 Å². The van der Waals surface area contributed by atoms with Crippen molar-refractivity contribution in [3.8, 4) is 17.2 Å². The second-order valence-corrected chi connectivity index (χ2v) is 6.37. The summed E-state index contributed by atoms with van der Waals surface area (Å²) in [5.74, 6) is 1.24. The maximum Gasteiger partial charge on any atom is 0.258 e. The Morgan fingerprint density at radius 3 is 1.93 bits per heavy atom. The number of carbonyl (C=O) groups is 1. The monoisotopic (exact) mass is 391 g/mol. The number of benzene rings is 3. The zero-order chi connectivity index (χ0) is 20.6. The third kappa shape index (κ3) is 4.69. The van der Waals surface area contributed by atoms with Gasteiger partial charge in [0, 0.05) is 17.8 Å². The maximum atomic E-state index is 13.2. The van der Waals surface area contributed by atoms with Crippen molar-refractivity contribution in [3.63, 3.8) is 0 Å². The highest BCUT2D eigenvalue weighted by Crippen LogP contribution is 2.39. The Hall–Kier alpha value is -3.47. The average Bonchev–Trinajstić information content (AvgIpc) is 2.78. The first-order chi connectivity index (χ1) is 14.2. The molecule has 0 aliphatic heterocycles. The number of para-hydroxylation sites is 1. The molecule has 0 saturated carbocycles. The molecule has 0 aliphatic rings. The third-order valence-electron chi connectivity index (χ3n) is 4.56. The van der Waals surface area contributed by atoms with Crippen LogP contribution in [0.15, 0.2) is 72.8 Å². The molecule has 1 amide bonds. The second-order valence-electron chi connectivity index (χ2n) is 6.37. The van der Waals surface area contributed by atoms with Gasteiger partial charge in [0.05, 0.1) is 14.2 Å². The zero-order valence-electron chi connectivity index (χ0n) is 16.9. The molecule has 0 spiro atoms. The molecular formula is C24H25NO4. The number of carbonyl (C=O) groups excluding carboxylic acids is 1. The predicted octanol–water partition coefficient (Wildman–Crippen LogP) is 4.95. The van der Waals surface area contributed by atoms with Gasteiger partial charge in [-0.05, 0) is 36.8 Å². The van der Waals surface area contributed by atoms with Gasteiger partial charge in [-0.3, -0.25) is 4.79 Å². The van der Waals surface area contributed by atoms with E-state index in [4.69, 9.17) is 14.2 Å². The van der Waals surface area contributed by atoms with Crippen LogP contribution in [-0.4, -0.2) is 26.7 Å². The van der Waals surface area contributed by atoms with Gasteiger partial charge in [0.15, 0.2) is 11.5 Å². The number of amides is 1. The van der Waals surface area contributed by atoms with E-state index in [0.717, 1.165) is 11.3 Å². The largest absolute Gasteiger partial charge is 0.493 e. The van der Waals surface area contributed by atoms with Gasteiger partial charge < -0.3 is 19.1 Å². The zero-order valence-corrected chi connectivity index (χ0v) is 16.9. The fourth-order valence-electron chi connectivity index (χ4n) is 3.08. The van der Waals surface area contributed by atoms with Gasteiger partial charge >= 0.3 is 0 Å². The SMILES string of the molecule is CCN(C(=O)c1cc(OC)c(OCc2ccccc2)c(OC)c1)c1ccccc1. The number of nitrogens with zero attached hydrogens (tertiary/aromatic N) is 1. The van der Waals surface area contributed by atoms with Crippen molar-refractivity contribution in [1.82, 2.24) is 0 Å². The van der Waals surface area contributed by atoms with Gasteiger partial charge in [-0.15, -0.1) is 0 Å². The Morgan fingerprint density at radius 1 is 0.862 bits per heavy atom. The molecule has 0 heterocycles. The van der Waals surface area contributed by atoms with Crippen LogP contribution in [0.5, 0.6) is 17.2 Å². The van der Waals surface area contributed by atoms with E-state index in [9.17, 15) is 4.79 Å². The first kappa shape index (κ1) is 20.3. The number of methoxy groups -OCH3 is 2. The normalized spacial score (nSPS) is 10.3. The summed E-state index contributed by atoms with van der Waals surface area (Å²) in [4.78, 5) is 14.9. The minimum absolute atomic E-state index is 0.134. The third-order valence-corrected chi connectivity index (χ3v) is 4.56. The average molecular weight is 391 g/mol. The molecule has 0 bridgehead atoms. The Labute approximate surface area is 171 Å². The van der Waals surface area contributed by atoms with Crippen LogP contribution < -0.4 is 19.1 Å². The Balaban J connectivity index is 1.91. The highest BCUT2D eigenvalue weighted by Gasteiger charge is 2.22. The highest BCUT2D eigenvalue weighted by atomic mass is 16.5. The molecule has 0 unspecified atom stereocenters. The lowest BCUT2D eigenvalue weighted by Crippen LogP contribution is -2.30. The summed E-state index contributed by atoms with van der Waals surface area (Å²) >= 11 is 0. The van der Waals surface area contributed by atoms with E-state index in [1.165, 1.54) is 0 Å². The molecule has 0 radical (unpaired) electrons. The summed E-state index contributed by atoms with van der Waals surface area (Å²) in [6.07, 6.45) is 0. The lowest BCUT2D eigenvalue weighted by atomic mass is 10.1. The van der Waals surface area contributed by atoms with Crippen molar-refractivity contribution >= 4 is 11.6 Å². The van der Waals surface area contributed by atoms with E-state index in [2.05, 4.69) is 0 Å². The standard InChI is InChI=1S/C24H25NO4/c1-4-25(20-13-9-6-10-14-20)24(26)19-15-21(27-2)23(22(16-19)28-3)29-17-18-11-7-5-8-12-18/h5-16H,4,17H2,1-3H3. The number of rotatable bonds is 8. The molecule has 0 saturated heterocycles. The minimum Gasteiger partial charge on any atom is -0.493 e. The number of ether oxygens (including phenoxy) is 3. The fraction of sp³-hybridized carbons (Fsp3) is 0.208. The molecule has 0 aromatic heterocycles. The minimum atomic E-state index is -0.134. The van der Waals surface area contributed by atoms with E-state index in [1.807, 2.05) is 67.6 Å². The molecule has 0 aliphatic carbocycles. The first-order valence-corrected chi connectivity index (χ1v) is 9.47. The molecule has 0 fully saturated rings. The van der Waals surface area contributed by atoms with E-state index in [-0.39, 0.29) is 5.91 Å². The van der Waals surface area contributed by atoms with Gasteiger partial charge in [-0.1, -0.05) is 48.5 Å². The van der Waals surface area contributed by atoms with Crippen LogP contribution in [0.25, 0.3) is 0 Å². The van der Waals surface area contributed by atoms with E-state index >= 15 is 0 Å². The van der Waals surface area contributed by atoms with E-state index < -0.39 is 0 Å². The van der Waals surface area contributed by atoms with Crippen LogP contribution in [0.3, 0.4) is 0 Å². The molecule has 5 nitrogen and oxygen atoms in total. The summed E-state index contributed by atoms with van der Waals surface area (Å²) in [5.41, 5.74) is 2.33. The quantitative estimate of drug-likeness (QED) is 0.545. The Morgan fingerprint density at radius 2 is 1.41 bits per heavy atom. The molecular weight excluding hydrogens is 366 g/mol. The van der Waals surface area contributed by atoms with Crippen LogP contribution in [0, 0.1) is 0 Å². The van der Waals surface area contributed by atoms with Crippen LogP contribution in [-0.2, 0) is 6.61 Å². The van der Waals surface area contributed by atoms with Gasteiger partial charge in [0.2, 0.25) is 5.75 Å². The van der Waals surface area contributed by atoms with Crippen molar-refractivity contribution in [1.29, 1.82) is 0 Å². The summed E-state index contributed by atoms with van der Waals surface area (Å²) in [6, 6.07) is 22.8. The van der Waals surface area contributed by atoms with E-state index in [0.29, 0.717) is 36.0 Å². The molecule has 0 N–H and O–H groups in total. The van der Waals surface area contributed by atoms with Gasteiger partial charge in [0.25, 0.3) is 5.91 Å². The summed E-state index contributed by atoms with van der Waals surface area (Å²) in [5, 5.41) is 0. The highest BCUT2D eigenvalue weighted by molar-refractivity contribution is 6.06. The van der Waals surface area contributed by atoms with Crippen LogP contribution in [0.2, 0.25) is 0 Å². The van der Waals surface area contributed by atoms with Crippen LogP contribution in [0.1, 0.15) is 22.8 Å². The van der Waals surface area contributed by atoms with Gasteiger partial charge in [-0.2, -0.15) is 0 Å². The molecule has 29 heavy (non-hydrogen) atoms. The lowest BCUT2D eigenvalue weighted by Gasteiger charge is -2.22. The summed E-state index contributed by atoms with van der Waals surface area (Å²) < 4.78 is 17.0. The number of hydrogen-bond donors (Lipinski definition) is 0. The number of hydrogen-bond acceptors (Lipinski definition) is 4. The molecule has 150 valence electrons. The molecule has 0 atom stereocenters. The van der Waals surface area contributed by atoms with Crippen molar-refractivity contribution in [3.05, 3.63) is 83.9 Å². The summed E-state index contributed by atoms with van der Waals surface area (Å²) in [7, 11) is 3.10. The summed E-state index contributed by atoms with van der Waals surface area (Å²) in [6.45, 7) is 2.85. The van der Waals surface area contributed by atoms with Crippen molar-refractivity contribution in [2.45, 2.75) is 13.5 Å². The van der Waals surface area contributed by atoms with Gasteiger partial charge in [0.1, 0.15) is 6.61 Å². The first-order valence-electron chi connectivity index (χ1n) is 9.47. The maximum absolute atomic E-state index is 13.2. The fourth-order valence-corrected chi connectivity index (χ4v) is 3.08. The molecule has 5 heteroatoms. The Kier molecular flexibility index (Phi) is 6.74. The van der Waals surface area contributed by atoms with Crippen LogP contribution in [0.4, 0.5) is 5.69 Å². The smallest absolute Gasteiger partial charge is 0.258 e. The molecule has 3 rings (SSSR count). The topological polar surface area (TPSA) is 48.0 Å². The number of anilines is 1. The van der Waals surface area contributed by atoms with Crippen molar-refractivity contribution in [2.24, 2.45) is 0 Å². The lowest BCUT2D eigenvalue weighted by molar-refractivity contribution is 0.0987.